The van der Waals surface area contributed by atoms with Crippen LogP contribution in [0.2, 0.25) is 36.3 Å². The Labute approximate surface area is 202 Å². The Kier molecular flexibility index (Phi) is 7.77. The van der Waals surface area contributed by atoms with Crippen LogP contribution < -0.4 is 0 Å². The monoisotopic (exact) mass is 482 g/mol. The van der Waals surface area contributed by atoms with Crippen LogP contribution in [0, 0.1) is 17.3 Å². The van der Waals surface area contributed by atoms with E-state index in [2.05, 4.69) is 81.2 Å². The van der Waals surface area contributed by atoms with Gasteiger partial charge in [-0.2, -0.15) is 0 Å². The molecule has 0 aromatic heterocycles. The summed E-state index contributed by atoms with van der Waals surface area (Å²) in [6.07, 6.45) is 6.64. The summed E-state index contributed by atoms with van der Waals surface area (Å²) in [5, 5.41) is 12.1. The number of aliphatic hydroxyl groups is 1. The molecular weight excluding hydrogens is 428 g/mol. The highest BCUT2D eigenvalue weighted by molar-refractivity contribution is 6.74. The van der Waals surface area contributed by atoms with Crippen molar-refractivity contribution in [3.63, 3.8) is 0 Å². The summed E-state index contributed by atoms with van der Waals surface area (Å²) >= 11 is 0. The predicted molar refractivity (Wildman–Crippen MR) is 143 cm³/mol. The average molecular weight is 483 g/mol. The van der Waals surface area contributed by atoms with Crippen LogP contribution >= 0.6 is 0 Å². The van der Waals surface area contributed by atoms with Crippen molar-refractivity contribution < 1.29 is 14.0 Å². The molecule has 32 heavy (non-hydrogen) atoms. The first-order valence-corrected chi connectivity index (χ1v) is 18.7. The SMILES string of the molecule is C=C(CC(C)(O)[C@H]1CC[C@H]2[C@@H](O[Si](C)(C)C(C)(C)C)CCC[C@]12C)O[Si](C)(C)C(C)(C)C. The van der Waals surface area contributed by atoms with Gasteiger partial charge in [0.15, 0.2) is 8.32 Å². The third-order valence-electron chi connectivity index (χ3n) is 9.83. The van der Waals surface area contributed by atoms with Crippen molar-refractivity contribution in [3.8, 4) is 0 Å². The fourth-order valence-corrected chi connectivity index (χ4v) is 8.40. The second kappa shape index (κ2) is 8.84. The molecule has 188 valence electrons. The molecular formula is C27H54O3Si2. The van der Waals surface area contributed by atoms with E-state index < -0.39 is 22.2 Å². The fourth-order valence-electron chi connectivity index (χ4n) is 5.91. The molecule has 0 aliphatic heterocycles. The normalized spacial score (nSPS) is 31.7. The summed E-state index contributed by atoms with van der Waals surface area (Å²) < 4.78 is 13.4. The van der Waals surface area contributed by atoms with Crippen molar-refractivity contribution in [3.05, 3.63) is 12.3 Å². The highest BCUT2D eigenvalue weighted by Gasteiger charge is 2.58. The molecule has 0 bridgehead atoms. The molecule has 0 amide bonds. The van der Waals surface area contributed by atoms with Gasteiger partial charge in [-0.3, -0.25) is 0 Å². The maximum atomic E-state index is 11.8. The van der Waals surface area contributed by atoms with Crippen LogP contribution in [0.1, 0.15) is 93.9 Å². The minimum atomic E-state index is -1.94. The predicted octanol–water partition coefficient (Wildman–Crippen LogP) is 8.27. The molecule has 2 aliphatic rings. The lowest BCUT2D eigenvalue weighted by molar-refractivity contribution is -0.0891. The van der Waals surface area contributed by atoms with Gasteiger partial charge in [-0.1, -0.05) is 61.5 Å². The summed E-state index contributed by atoms with van der Waals surface area (Å²) in [6.45, 7) is 31.7. The molecule has 3 nitrogen and oxygen atoms in total. The first-order valence-electron chi connectivity index (χ1n) is 12.9. The zero-order chi connectivity index (χ0) is 25.0. The van der Waals surface area contributed by atoms with Crippen molar-refractivity contribution >= 4 is 16.6 Å². The molecule has 2 fully saturated rings. The second-order valence-corrected chi connectivity index (χ2v) is 24.0. The van der Waals surface area contributed by atoms with Crippen LogP contribution in [0.15, 0.2) is 12.3 Å². The average Bonchev–Trinajstić information content (AvgIpc) is 2.90. The van der Waals surface area contributed by atoms with E-state index in [-0.39, 0.29) is 21.4 Å². The maximum Gasteiger partial charge on any atom is 0.250 e. The van der Waals surface area contributed by atoms with Gasteiger partial charge in [0.05, 0.1) is 11.4 Å². The van der Waals surface area contributed by atoms with Gasteiger partial charge >= 0.3 is 0 Å². The maximum absolute atomic E-state index is 11.8. The van der Waals surface area contributed by atoms with Crippen LogP contribution in [0.25, 0.3) is 0 Å². The van der Waals surface area contributed by atoms with Gasteiger partial charge in [-0.25, -0.2) is 0 Å². The first-order chi connectivity index (χ1) is 14.1. The lowest BCUT2D eigenvalue weighted by atomic mass is 9.60. The molecule has 0 saturated heterocycles. The Morgan fingerprint density at radius 1 is 0.938 bits per heavy atom. The van der Waals surface area contributed by atoms with E-state index >= 15 is 0 Å². The van der Waals surface area contributed by atoms with Gasteiger partial charge in [0.1, 0.15) is 0 Å². The van der Waals surface area contributed by atoms with Gasteiger partial charge in [0, 0.05) is 12.5 Å². The van der Waals surface area contributed by atoms with Crippen molar-refractivity contribution in [2.75, 3.05) is 0 Å². The first kappa shape index (κ1) is 28.1. The summed E-state index contributed by atoms with van der Waals surface area (Å²) in [7, 11) is -3.76. The topological polar surface area (TPSA) is 38.7 Å². The Morgan fingerprint density at radius 2 is 1.47 bits per heavy atom. The third-order valence-corrected chi connectivity index (χ3v) is 18.7. The number of hydrogen-bond acceptors (Lipinski definition) is 3. The molecule has 0 radical (unpaired) electrons. The molecule has 0 heterocycles. The largest absolute Gasteiger partial charge is 0.547 e. The highest BCUT2D eigenvalue weighted by atomic mass is 28.4. The molecule has 0 aromatic rings. The quantitative estimate of drug-likeness (QED) is 0.293. The molecule has 5 heteroatoms. The van der Waals surface area contributed by atoms with Crippen molar-refractivity contribution in [1.29, 1.82) is 0 Å². The number of fused-ring (bicyclic) bond motifs is 1. The van der Waals surface area contributed by atoms with E-state index in [1.807, 2.05) is 6.92 Å². The van der Waals surface area contributed by atoms with Crippen LogP contribution in [0.4, 0.5) is 0 Å². The summed E-state index contributed by atoms with van der Waals surface area (Å²) in [5.74, 6) is 1.56. The number of rotatable bonds is 7. The van der Waals surface area contributed by atoms with Crippen LogP contribution in [0.3, 0.4) is 0 Å². The minimum absolute atomic E-state index is 0.117. The summed E-state index contributed by atoms with van der Waals surface area (Å²) in [4.78, 5) is 0. The van der Waals surface area contributed by atoms with E-state index in [0.717, 1.165) is 18.6 Å². The lowest BCUT2D eigenvalue weighted by Gasteiger charge is -2.51. The van der Waals surface area contributed by atoms with Crippen LogP contribution in [-0.4, -0.2) is 33.4 Å². The molecule has 2 aliphatic carbocycles. The van der Waals surface area contributed by atoms with Crippen LogP contribution in [0.5, 0.6) is 0 Å². The molecule has 5 atom stereocenters. The summed E-state index contributed by atoms with van der Waals surface area (Å²) in [5.41, 5.74) is -0.687. The third kappa shape index (κ3) is 5.58. The van der Waals surface area contributed by atoms with Crippen molar-refractivity contribution in [2.45, 2.75) is 142 Å². The van der Waals surface area contributed by atoms with E-state index in [1.165, 1.54) is 19.3 Å². The standard InChI is InChI=1S/C27H54O3Si2/c1-20(29-31(10,11)24(2,3)4)19-27(9,28)23-17-16-21-22(15-14-18-26(21,23)8)30-32(12,13)25(5,6)7/h21-23,28H,1,14-19H2,2-13H3/t21-,22-,23-,26-,27?/m0/s1. The Morgan fingerprint density at radius 3 is 1.97 bits per heavy atom. The number of hydrogen-bond donors (Lipinski definition) is 1. The van der Waals surface area contributed by atoms with Gasteiger partial charge in [0.25, 0.3) is 0 Å². The van der Waals surface area contributed by atoms with Crippen molar-refractivity contribution in [1.82, 2.24) is 0 Å². The van der Waals surface area contributed by atoms with Gasteiger partial charge in [0.2, 0.25) is 8.32 Å². The van der Waals surface area contributed by atoms with E-state index in [4.69, 9.17) is 8.85 Å². The molecule has 1 N–H and O–H groups in total. The van der Waals surface area contributed by atoms with Gasteiger partial charge < -0.3 is 14.0 Å². The van der Waals surface area contributed by atoms with Gasteiger partial charge in [-0.05, 0) is 86.1 Å². The fraction of sp³-hybridized carbons (Fsp3) is 0.926. The zero-order valence-corrected chi connectivity index (χ0v) is 25.4. The molecule has 1 unspecified atom stereocenters. The van der Waals surface area contributed by atoms with Gasteiger partial charge in [-0.15, -0.1) is 0 Å². The summed E-state index contributed by atoms with van der Waals surface area (Å²) in [6, 6.07) is 0. The lowest BCUT2D eigenvalue weighted by Crippen LogP contribution is -2.52. The molecule has 0 spiro atoms. The zero-order valence-electron chi connectivity index (χ0n) is 23.4. The second-order valence-electron chi connectivity index (χ2n) is 14.5. The van der Waals surface area contributed by atoms with E-state index in [0.29, 0.717) is 18.4 Å². The minimum Gasteiger partial charge on any atom is -0.547 e. The van der Waals surface area contributed by atoms with E-state index in [1.54, 1.807) is 0 Å². The van der Waals surface area contributed by atoms with Crippen molar-refractivity contribution in [2.24, 2.45) is 17.3 Å². The smallest absolute Gasteiger partial charge is 0.250 e. The molecule has 2 rings (SSSR count). The highest BCUT2D eigenvalue weighted by Crippen LogP contribution is 2.60. The Balaban J connectivity index is 2.17. The van der Waals surface area contributed by atoms with E-state index in [9.17, 15) is 5.11 Å². The van der Waals surface area contributed by atoms with Crippen LogP contribution in [-0.2, 0) is 8.85 Å². The Bertz CT molecular complexity index is 684. The Hall–Kier alpha value is -0.106. The molecule has 2 saturated carbocycles. The molecule has 0 aromatic carbocycles.